The molecule has 2 saturated heterocycles. The van der Waals surface area contributed by atoms with Gasteiger partial charge in [-0.05, 0) is 80.8 Å². The predicted molar refractivity (Wildman–Crippen MR) is 168 cm³/mol. The maximum Gasteiger partial charge on any atom is 0.415 e. The number of fused-ring (bicyclic) bond motifs is 2. The van der Waals surface area contributed by atoms with Crippen LogP contribution in [0.4, 0.5) is 19.7 Å². The number of hydrogen-bond acceptors (Lipinski definition) is 5. The van der Waals surface area contributed by atoms with Gasteiger partial charge in [0, 0.05) is 35.4 Å². The smallest absolute Gasteiger partial charge is 0.415 e. The number of carbonyl (C=O) groups excluding carboxylic acids is 1. The van der Waals surface area contributed by atoms with Crippen molar-refractivity contribution in [1.82, 2.24) is 9.88 Å². The number of nitrogens with zero attached hydrogens (tertiary/aromatic N) is 4. The summed E-state index contributed by atoms with van der Waals surface area (Å²) in [6, 6.07) is 7.88. The fraction of sp³-hybridized carbons (Fsp3) is 0.400. The molecule has 1 aromatic heterocycles. The van der Waals surface area contributed by atoms with Crippen LogP contribution in [0, 0.1) is 33.6 Å². The molecule has 220 valence electrons. The van der Waals surface area contributed by atoms with Gasteiger partial charge < -0.3 is 14.7 Å². The fourth-order valence-corrected chi connectivity index (χ4v) is 7.03. The van der Waals surface area contributed by atoms with Gasteiger partial charge >= 0.3 is 12.2 Å². The molecule has 0 radical (unpaired) electrons. The first-order valence-corrected chi connectivity index (χ1v) is 15.2. The molecule has 1 N–H and O–H groups in total. The minimum absolute atomic E-state index is 0.0185. The van der Waals surface area contributed by atoms with Crippen molar-refractivity contribution in [3.05, 3.63) is 55.0 Å². The highest BCUT2D eigenvalue weighted by molar-refractivity contribution is 14.1. The first-order chi connectivity index (χ1) is 19.7. The van der Waals surface area contributed by atoms with Gasteiger partial charge in [0.15, 0.2) is 5.82 Å². The Kier molecular flexibility index (Phi) is 8.24. The number of pyridine rings is 1. The first kappa shape index (κ1) is 30.6. The van der Waals surface area contributed by atoms with Gasteiger partial charge in [0.25, 0.3) is 0 Å². The molecular weight excluding hydrogens is 697 g/mol. The second-order valence-electron chi connectivity index (χ2n) is 11.6. The van der Waals surface area contributed by atoms with E-state index in [2.05, 4.69) is 33.6 Å². The Balaban J connectivity index is 1.81. The number of ether oxygens (including phenoxy) is 1. The van der Waals surface area contributed by atoms with Crippen LogP contribution in [0.2, 0.25) is 10.0 Å². The zero-order valence-electron chi connectivity index (χ0n) is 23.3. The third-order valence-electron chi connectivity index (χ3n) is 7.74. The number of hydrogen-bond donors (Lipinski definition) is 1. The van der Waals surface area contributed by atoms with Crippen LogP contribution in [-0.4, -0.2) is 51.4 Å². The number of amides is 2. The molecular formula is C30H28Cl2FIN4O4. The van der Waals surface area contributed by atoms with Gasteiger partial charge in [-0.15, -0.1) is 0 Å². The second-order valence-corrected chi connectivity index (χ2v) is 13.4. The quantitative estimate of drug-likeness (QED) is 0.266. The fourth-order valence-electron chi connectivity index (χ4n) is 5.97. The number of benzene rings is 2. The lowest BCUT2D eigenvalue weighted by molar-refractivity contribution is 0.0517. The van der Waals surface area contributed by atoms with E-state index >= 15 is 4.39 Å². The summed E-state index contributed by atoms with van der Waals surface area (Å²) in [6.45, 7) is 7.28. The highest BCUT2D eigenvalue weighted by atomic mass is 127. The summed E-state index contributed by atoms with van der Waals surface area (Å²) in [7, 11) is 0. The van der Waals surface area contributed by atoms with Crippen molar-refractivity contribution >= 4 is 74.6 Å². The number of carboxylic acid groups (broad SMARTS) is 1. The van der Waals surface area contributed by atoms with Crippen LogP contribution in [0.3, 0.4) is 0 Å². The minimum atomic E-state index is -1.05. The van der Waals surface area contributed by atoms with Gasteiger partial charge in [0.2, 0.25) is 0 Å². The van der Waals surface area contributed by atoms with Crippen LogP contribution in [0.15, 0.2) is 24.3 Å². The Labute approximate surface area is 266 Å². The number of aryl methyl sites for hydroxylation is 2. The van der Waals surface area contributed by atoms with Crippen LogP contribution >= 0.6 is 45.8 Å². The lowest BCUT2D eigenvalue weighted by Gasteiger charge is -2.44. The van der Waals surface area contributed by atoms with Gasteiger partial charge in [-0.2, -0.15) is 5.26 Å². The number of nitriles is 1. The average Bonchev–Trinajstić information content (AvgIpc) is 3.50. The van der Waals surface area contributed by atoms with Crippen molar-refractivity contribution in [1.29, 1.82) is 5.26 Å². The molecule has 3 aromatic rings. The Hall–Kier alpha value is -2.88. The van der Waals surface area contributed by atoms with Gasteiger partial charge in [-0.1, -0.05) is 35.3 Å². The van der Waals surface area contributed by atoms with E-state index in [0.29, 0.717) is 44.4 Å². The molecule has 1 aliphatic carbocycles. The number of carbonyl (C=O) groups is 2. The lowest BCUT2D eigenvalue weighted by Crippen LogP contribution is -2.58. The maximum atomic E-state index is 16.7. The van der Waals surface area contributed by atoms with E-state index in [-0.39, 0.29) is 39.9 Å². The summed E-state index contributed by atoms with van der Waals surface area (Å²) in [5, 5.41) is 20.0. The van der Waals surface area contributed by atoms with Crippen molar-refractivity contribution in [2.75, 3.05) is 11.4 Å². The van der Waals surface area contributed by atoms with Gasteiger partial charge in [-0.3, -0.25) is 4.90 Å². The third-order valence-corrected chi connectivity index (χ3v) is 9.85. The minimum Gasteiger partial charge on any atom is -0.465 e. The Bertz CT molecular complexity index is 1670. The van der Waals surface area contributed by atoms with Gasteiger partial charge in [0.1, 0.15) is 11.1 Å². The standard InChI is InChI=1S/C30H28Cl2FIN4O4/c1-14-24(34)27(38(29(41)42-30(2,3)4)26-16-12-20(26)37(13-16)28(39)40)18-11-15(7-6-10-35)21(23(33)25(18)36-14)17-8-5-9-19(31)22(17)32/h5,8-9,11,16,20,26H,6-7,12-13H2,1-4H3,(H,39,40)/t16?,20?,26-/m0/s1. The van der Waals surface area contributed by atoms with E-state index in [0.717, 1.165) is 0 Å². The highest BCUT2D eigenvalue weighted by Crippen LogP contribution is 2.49. The molecule has 8 nitrogen and oxygen atoms in total. The van der Waals surface area contributed by atoms with E-state index in [1.807, 2.05) is 0 Å². The molecule has 3 atom stereocenters. The van der Waals surface area contributed by atoms with Crippen molar-refractivity contribution in [3.8, 4) is 17.2 Å². The number of anilines is 1. The van der Waals surface area contributed by atoms with Crippen LogP contribution < -0.4 is 4.90 Å². The molecule has 12 heteroatoms. The van der Waals surface area contributed by atoms with Crippen molar-refractivity contribution < 1.29 is 23.8 Å². The van der Waals surface area contributed by atoms with Crippen molar-refractivity contribution in [2.45, 2.75) is 64.6 Å². The normalized spacial score (nSPS) is 19.4. The molecule has 0 spiro atoms. The summed E-state index contributed by atoms with van der Waals surface area (Å²) in [5.41, 5.74) is 1.13. The summed E-state index contributed by atoms with van der Waals surface area (Å²) in [5.74, 6) is -0.761. The molecule has 3 fully saturated rings. The van der Waals surface area contributed by atoms with Crippen LogP contribution in [0.25, 0.3) is 22.0 Å². The predicted octanol–water partition coefficient (Wildman–Crippen LogP) is 8.21. The molecule has 2 bridgehead atoms. The molecule has 2 aliphatic heterocycles. The van der Waals surface area contributed by atoms with E-state index in [1.54, 1.807) is 52.0 Å². The monoisotopic (exact) mass is 724 g/mol. The zero-order chi connectivity index (χ0) is 30.7. The Morgan fingerprint density at radius 2 is 2.05 bits per heavy atom. The molecule has 3 aliphatic rings. The summed E-state index contributed by atoms with van der Waals surface area (Å²) in [6.07, 6.45) is -0.765. The molecule has 42 heavy (non-hydrogen) atoms. The van der Waals surface area contributed by atoms with Crippen LogP contribution in [-0.2, 0) is 11.2 Å². The molecule has 1 saturated carbocycles. The molecule has 2 unspecified atom stereocenters. The Morgan fingerprint density at radius 1 is 1.33 bits per heavy atom. The van der Waals surface area contributed by atoms with E-state index < -0.39 is 35.7 Å². The highest BCUT2D eigenvalue weighted by Gasteiger charge is 2.58. The van der Waals surface area contributed by atoms with Crippen LogP contribution in [0.5, 0.6) is 0 Å². The van der Waals surface area contributed by atoms with Gasteiger partial charge in [0.05, 0.1) is 43.1 Å². The SMILES string of the molecule is Cc1nc2c(F)c(-c3cccc(Cl)c3Cl)c(CCC#N)cc2c(N(C(=O)OC(C)(C)C)[C@H]2C3CC2N(C(=O)O)C3)c1I. The largest absolute Gasteiger partial charge is 0.465 e. The maximum absolute atomic E-state index is 16.7. The molecule has 2 amide bonds. The third kappa shape index (κ3) is 5.24. The zero-order valence-corrected chi connectivity index (χ0v) is 27.0. The Morgan fingerprint density at radius 3 is 2.67 bits per heavy atom. The van der Waals surface area contributed by atoms with E-state index in [9.17, 15) is 20.0 Å². The lowest BCUT2D eigenvalue weighted by atomic mass is 9.78. The number of aromatic nitrogens is 1. The van der Waals surface area contributed by atoms with Gasteiger partial charge in [-0.25, -0.2) is 19.0 Å². The first-order valence-electron chi connectivity index (χ1n) is 13.4. The summed E-state index contributed by atoms with van der Waals surface area (Å²) in [4.78, 5) is 33.4. The number of halogens is 4. The van der Waals surface area contributed by atoms with Crippen LogP contribution in [0.1, 0.15) is 44.9 Å². The average molecular weight is 725 g/mol. The summed E-state index contributed by atoms with van der Waals surface area (Å²) < 4.78 is 23.2. The molecule has 6 rings (SSSR count). The van der Waals surface area contributed by atoms with Crippen molar-refractivity contribution in [2.24, 2.45) is 5.92 Å². The molecule has 2 aromatic carbocycles. The van der Waals surface area contributed by atoms with Crippen molar-refractivity contribution in [3.63, 3.8) is 0 Å². The van der Waals surface area contributed by atoms with E-state index in [4.69, 9.17) is 27.9 Å². The topological polar surface area (TPSA) is 107 Å². The number of rotatable bonds is 5. The summed E-state index contributed by atoms with van der Waals surface area (Å²) >= 11 is 14.9. The second kappa shape index (κ2) is 11.3. The van der Waals surface area contributed by atoms with E-state index in [1.165, 1.54) is 9.80 Å². The molecule has 3 heterocycles.